The van der Waals surface area contributed by atoms with Crippen LogP contribution < -0.4 is 5.73 Å². The number of fused-ring (bicyclic) bond motifs is 1. The Hall–Kier alpha value is -1.59. The second kappa shape index (κ2) is 4.51. The van der Waals surface area contributed by atoms with Crippen molar-refractivity contribution in [1.29, 1.82) is 0 Å². The zero-order valence-electron chi connectivity index (χ0n) is 10.1. The van der Waals surface area contributed by atoms with Gasteiger partial charge in [-0.05, 0) is 52.7 Å². The molecule has 0 aliphatic carbocycles. The molecule has 1 aromatic carbocycles. The molecular formula is C13H10BrClN4. The summed E-state index contributed by atoms with van der Waals surface area (Å²) in [6.07, 6.45) is 1.75. The molecule has 0 saturated heterocycles. The summed E-state index contributed by atoms with van der Waals surface area (Å²) in [4.78, 5) is 8.75. The molecule has 0 saturated carbocycles. The van der Waals surface area contributed by atoms with Gasteiger partial charge in [-0.3, -0.25) is 4.57 Å². The van der Waals surface area contributed by atoms with Crippen LogP contribution >= 0.6 is 27.5 Å². The van der Waals surface area contributed by atoms with Crippen molar-refractivity contribution in [3.05, 3.63) is 45.5 Å². The van der Waals surface area contributed by atoms with Crippen LogP contribution in [0.3, 0.4) is 0 Å². The fraction of sp³-hybridized carbons (Fsp3) is 0.0769. The molecule has 0 spiro atoms. The molecule has 0 aliphatic heterocycles. The number of aryl methyl sites for hydroxylation is 1. The van der Waals surface area contributed by atoms with E-state index in [0.717, 1.165) is 26.9 Å². The average molecular weight is 338 g/mol. The molecule has 4 nitrogen and oxygen atoms in total. The third-order valence-corrected chi connectivity index (χ3v) is 3.79. The fourth-order valence-electron chi connectivity index (χ4n) is 2.01. The highest BCUT2D eigenvalue weighted by molar-refractivity contribution is 9.10. The monoisotopic (exact) mass is 336 g/mol. The minimum absolute atomic E-state index is 0.403. The van der Waals surface area contributed by atoms with E-state index in [4.69, 9.17) is 17.3 Å². The van der Waals surface area contributed by atoms with Crippen LogP contribution in [0.1, 0.15) is 5.56 Å². The highest BCUT2D eigenvalue weighted by Gasteiger charge is 2.14. The Labute approximate surface area is 123 Å². The zero-order chi connectivity index (χ0) is 13.6. The minimum Gasteiger partial charge on any atom is -0.369 e. The first-order valence-corrected chi connectivity index (χ1v) is 6.80. The minimum atomic E-state index is 0.403. The van der Waals surface area contributed by atoms with Crippen LogP contribution in [0.4, 0.5) is 5.95 Å². The van der Waals surface area contributed by atoms with Gasteiger partial charge in [0.25, 0.3) is 0 Å². The van der Waals surface area contributed by atoms with Crippen molar-refractivity contribution in [2.45, 2.75) is 6.92 Å². The van der Waals surface area contributed by atoms with E-state index in [-0.39, 0.29) is 0 Å². The van der Waals surface area contributed by atoms with Crippen molar-refractivity contribution in [1.82, 2.24) is 14.5 Å². The molecule has 2 heterocycles. The van der Waals surface area contributed by atoms with Crippen LogP contribution in [0.25, 0.3) is 16.9 Å². The first-order chi connectivity index (χ1) is 9.08. The maximum atomic E-state index is 6.02. The normalized spacial score (nSPS) is 11.1. The standard InChI is InChI=1S/C13H10BrClN4/c1-7-4-5-17-12-11(7)18-13(16)19(12)10-3-2-8(15)6-9(10)14/h2-6H,1H3,(H2,16,18). The van der Waals surface area contributed by atoms with Gasteiger partial charge in [0.05, 0.1) is 5.69 Å². The topological polar surface area (TPSA) is 56.7 Å². The Morgan fingerprint density at radius 1 is 1.32 bits per heavy atom. The van der Waals surface area contributed by atoms with Gasteiger partial charge >= 0.3 is 0 Å². The molecule has 0 bridgehead atoms. The molecule has 3 aromatic rings. The van der Waals surface area contributed by atoms with E-state index in [2.05, 4.69) is 25.9 Å². The van der Waals surface area contributed by atoms with Gasteiger partial charge in [-0.25, -0.2) is 9.97 Å². The molecule has 19 heavy (non-hydrogen) atoms. The summed E-state index contributed by atoms with van der Waals surface area (Å²) in [7, 11) is 0. The van der Waals surface area contributed by atoms with E-state index in [0.29, 0.717) is 11.0 Å². The zero-order valence-corrected chi connectivity index (χ0v) is 12.4. The van der Waals surface area contributed by atoms with Crippen LogP contribution in [0.15, 0.2) is 34.9 Å². The Bertz CT molecular complexity index is 782. The molecule has 0 aliphatic rings. The van der Waals surface area contributed by atoms with Crippen LogP contribution in [0.5, 0.6) is 0 Å². The maximum absolute atomic E-state index is 6.02. The van der Waals surface area contributed by atoms with E-state index in [1.165, 1.54) is 0 Å². The average Bonchev–Trinajstić information content (AvgIpc) is 2.68. The molecule has 6 heteroatoms. The number of rotatable bonds is 1. The number of hydrogen-bond acceptors (Lipinski definition) is 3. The number of hydrogen-bond donors (Lipinski definition) is 1. The van der Waals surface area contributed by atoms with Gasteiger partial charge in [0.2, 0.25) is 5.95 Å². The Morgan fingerprint density at radius 2 is 2.11 bits per heavy atom. The van der Waals surface area contributed by atoms with Gasteiger partial charge in [-0.2, -0.15) is 0 Å². The first-order valence-electron chi connectivity index (χ1n) is 5.63. The SMILES string of the molecule is Cc1ccnc2c1nc(N)n2-c1ccc(Cl)cc1Br. The number of nitrogens with zero attached hydrogens (tertiary/aromatic N) is 3. The van der Waals surface area contributed by atoms with Crippen molar-refractivity contribution >= 4 is 44.6 Å². The largest absolute Gasteiger partial charge is 0.369 e. The third-order valence-electron chi connectivity index (χ3n) is 2.92. The molecule has 2 N–H and O–H groups in total. The van der Waals surface area contributed by atoms with E-state index < -0.39 is 0 Å². The van der Waals surface area contributed by atoms with Crippen LogP contribution in [0, 0.1) is 6.92 Å². The summed E-state index contributed by atoms with van der Waals surface area (Å²) in [6.45, 7) is 1.98. The van der Waals surface area contributed by atoms with Gasteiger partial charge in [0.1, 0.15) is 5.52 Å². The lowest BCUT2D eigenvalue weighted by molar-refractivity contribution is 1.08. The highest BCUT2D eigenvalue weighted by Crippen LogP contribution is 2.30. The summed E-state index contributed by atoms with van der Waals surface area (Å²) >= 11 is 9.45. The number of benzene rings is 1. The second-order valence-electron chi connectivity index (χ2n) is 4.20. The summed E-state index contributed by atoms with van der Waals surface area (Å²) in [5.74, 6) is 0.403. The van der Waals surface area contributed by atoms with E-state index in [1.807, 2.05) is 35.8 Å². The van der Waals surface area contributed by atoms with Crippen LogP contribution in [-0.2, 0) is 0 Å². The molecule has 0 unspecified atom stereocenters. The number of pyridine rings is 1. The van der Waals surface area contributed by atoms with Crippen molar-refractivity contribution in [3.63, 3.8) is 0 Å². The van der Waals surface area contributed by atoms with Crippen molar-refractivity contribution < 1.29 is 0 Å². The molecule has 0 radical (unpaired) electrons. The number of nitrogens with two attached hydrogens (primary N) is 1. The summed E-state index contributed by atoms with van der Waals surface area (Å²) in [5, 5.41) is 0.655. The lowest BCUT2D eigenvalue weighted by atomic mass is 10.2. The second-order valence-corrected chi connectivity index (χ2v) is 5.49. The lowest BCUT2D eigenvalue weighted by Crippen LogP contribution is -2.02. The Kier molecular flexibility index (Phi) is 2.95. The quantitative estimate of drug-likeness (QED) is 0.736. The van der Waals surface area contributed by atoms with E-state index in [9.17, 15) is 0 Å². The molecule has 2 aromatic heterocycles. The van der Waals surface area contributed by atoms with Gasteiger partial charge in [0, 0.05) is 15.7 Å². The number of anilines is 1. The first kappa shape index (κ1) is 12.4. The molecule has 96 valence electrons. The van der Waals surface area contributed by atoms with Crippen molar-refractivity contribution in [2.75, 3.05) is 5.73 Å². The number of aromatic nitrogens is 3. The molecule has 0 amide bonds. The van der Waals surface area contributed by atoms with Crippen LogP contribution in [-0.4, -0.2) is 14.5 Å². The van der Waals surface area contributed by atoms with Crippen molar-refractivity contribution in [2.24, 2.45) is 0 Å². The van der Waals surface area contributed by atoms with Crippen LogP contribution in [0.2, 0.25) is 5.02 Å². The van der Waals surface area contributed by atoms with Gasteiger partial charge < -0.3 is 5.73 Å². The maximum Gasteiger partial charge on any atom is 0.207 e. The number of nitrogen functional groups attached to an aromatic ring is 1. The summed E-state index contributed by atoms with van der Waals surface area (Å²) in [5.41, 5.74) is 9.47. The Balaban J connectivity index is 2.36. The van der Waals surface area contributed by atoms with Gasteiger partial charge in [0.15, 0.2) is 5.65 Å². The predicted molar refractivity (Wildman–Crippen MR) is 80.7 cm³/mol. The van der Waals surface area contributed by atoms with E-state index >= 15 is 0 Å². The summed E-state index contributed by atoms with van der Waals surface area (Å²) in [6, 6.07) is 7.42. The number of halogens is 2. The highest BCUT2D eigenvalue weighted by atomic mass is 79.9. The lowest BCUT2D eigenvalue weighted by Gasteiger charge is -2.08. The predicted octanol–water partition coefficient (Wildman–Crippen LogP) is 3.73. The molecular weight excluding hydrogens is 328 g/mol. The van der Waals surface area contributed by atoms with E-state index in [1.54, 1.807) is 6.20 Å². The summed E-state index contributed by atoms with van der Waals surface area (Å²) < 4.78 is 2.65. The third kappa shape index (κ3) is 1.99. The number of imidazole rings is 1. The smallest absolute Gasteiger partial charge is 0.207 e. The molecule has 0 fully saturated rings. The Morgan fingerprint density at radius 3 is 2.84 bits per heavy atom. The molecule has 0 atom stereocenters. The fourth-order valence-corrected chi connectivity index (χ4v) is 2.87. The van der Waals surface area contributed by atoms with Gasteiger partial charge in [-0.1, -0.05) is 11.6 Å². The van der Waals surface area contributed by atoms with Crippen molar-refractivity contribution in [3.8, 4) is 5.69 Å². The molecule has 3 rings (SSSR count). The van der Waals surface area contributed by atoms with Gasteiger partial charge in [-0.15, -0.1) is 0 Å².